The van der Waals surface area contributed by atoms with E-state index in [2.05, 4.69) is 39.9 Å². The molecule has 0 heterocycles. The fraction of sp³-hybridized carbons (Fsp3) is 1.00. The number of nitrogens with one attached hydrogen (secondary N) is 1. The monoisotopic (exact) mass is 243 g/mol. The fourth-order valence-corrected chi connectivity index (χ4v) is 1.94. The molecule has 2 heteroatoms. The first-order chi connectivity index (χ1) is 7.89. The minimum absolute atomic E-state index is 0.0412. The highest BCUT2D eigenvalue weighted by Crippen LogP contribution is 2.24. The summed E-state index contributed by atoms with van der Waals surface area (Å²) in [5.74, 6) is 0. The summed E-state index contributed by atoms with van der Waals surface area (Å²) in [6.45, 7) is 13.4. The van der Waals surface area contributed by atoms with Gasteiger partial charge >= 0.3 is 0 Å². The molecule has 0 saturated heterocycles. The molecule has 0 radical (unpaired) electrons. The first-order valence-electron chi connectivity index (χ1n) is 7.21. The Morgan fingerprint density at radius 1 is 1.00 bits per heavy atom. The molecule has 2 N–H and O–H groups in total. The molecular formula is C15H33NO. The quantitative estimate of drug-likeness (QED) is 0.575. The first-order valence-corrected chi connectivity index (χ1v) is 7.21. The van der Waals surface area contributed by atoms with Crippen molar-refractivity contribution in [1.29, 1.82) is 0 Å². The zero-order valence-corrected chi connectivity index (χ0v) is 12.6. The lowest BCUT2D eigenvalue weighted by molar-refractivity contribution is 0.130. The molecule has 0 spiro atoms. The molecule has 2 nitrogen and oxygen atoms in total. The van der Waals surface area contributed by atoms with Gasteiger partial charge in [0, 0.05) is 25.1 Å². The SMILES string of the molecule is CCCCCC(C)(C)CNCC(C)(CC)CO. The van der Waals surface area contributed by atoms with Crippen LogP contribution in [0.15, 0.2) is 0 Å². The van der Waals surface area contributed by atoms with Gasteiger partial charge in [0.15, 0.2) is 0 Å². The van der Waals surface area contributed by atoms with E-state index in [4.69, 9.17) is 0 Å². The second-order valence-corrected chi connectivity index (χ2v) is 6.55. The number of aliphatic hydroxyl groups excluding tert-OH is 1. The predicted molar refractivity (Wildman–Crippen MR) is 76.3 cm³/mol. The molecule has 1 unspecified atom stereocenters. The van der Waals surface area contributed by atoms with Crippen molar-refractivity contribution in [2.75, 3.05) is 19.7 Å². The molecular weight excluding hydrogens is 210 g/mol. The zero-order valence-electron chi connectivity index (χ0n) is 12.6. The average molecular weight is 243 g/mol. The highest BCUT2D eigenvalue weighted by Gasteiger charge is 2.22. The van der Waals surface area contributed by atoms with Gasteiger partial charge in [-0.15, -0.1) is 0 Å². The molecule has 17 heavy (non-hydrogen) atoms. The van der Waals surface area contributed by atoms with Gasteiger partial charge in [-0.25, -0.2) is 0 Å². The van der Waals surface area contributed by atoms with Crippen LogP contribution in [-0.4, -0.2) is 24.8 Å². The molecule has 0 aromatic carbocycles. The van der Waals surface area contributed by atoms with Crippen LogP contribution in [0, 0.1) is 10.8 Å². The molecule has 0 aliphatic heterocycles. The summed E-state index contributed by atoms with van der Waals surface area (Å²) in [5.41, 5.74) is 0.415. The number of aliphatic hydroxyl groups is 1. The van der Waals surface area contributed by atoms with E-state index in [-0.39, 0.29) is 12.0 Å². The lowest BCUT2D eigenvalue weighted by Crippen LogP contribution is -2.39. The summed E-state index contributed by atoms with van der Waals surface area (Å²) >= 11 is 0. The van der Waals surface area contributed by atoms with E-state index >= 15 is 0 Å². The van der Waals surface area contributed by atoms with Gasteiger partial charge in [0.25, 0.3) is 0 Å². The van der Waals surface area contributed by atoms with Crippen molar-refractivity contribution in [1.82, 2.24) is 5.32 Å². The third-order valence-electron chi connectivity index (χ3n) is 3.85. The molecule has 0 aromatic heterocycles. The molecule has 0 aliphatic rings. The second-order valence-electron chi connectivity index (χ2n) is 6.55. The van der Waals surface area contributed by atoms with Crippen molar-refractivity contribution >= 4 is 0 Å². The van der Waals surface area contributed by atoms with Crippen molar-refractivity contribution in [2.24, 2.45) is 10.8 Å². The van der Waals surface area contributed by atoms with E-state index in [1.807, 2.05) is 0 Å². The van der Waals surface area contributed by atoms with Crippen LogP contribution in [0.1, 0.15) is 66.7 Å². The van der Waals surface area contributed by atoms with Crippen molar-refractivity contribution in [3.63, 3.8) is 0 Å². The molecule has 0 aromatic rings. The van der Waals surface area contributed by atoms with Crippen LogP contribution in [0.3, 0.4) is 0 Å². The summed E-state index contributed by atoms with van der Waals surface area (Å²) in [5, 5.41) is 12.9. The van der Waals surface area contributed by atoms with Gasteiger partial charge in [0.2, 0.25) is 0 Å². The highest BCUT2D eigenvalue weighted by atomic mass is 16.3. The molecule has 104 valence electrons. The fourth-order valence-electron chi connectivity index (χ4n) is 1.94. The number of rotatable bonds is 10. The van der Waals surface area contributed by atoms with Crippen LogP contribution in [0.5, 0.6) is 0 Å². The molecule has 0 saturated carbocycles. The maximum atomic E-state index is 9.35. The van der Waals surface area contributed by atoms with Gasteiger partial charge in [-0.05, 0) is 18.3 Å². The Hall–Kier alpha value is -0.0800. The molecule has 0 amide bonds. The Morgan fingerprint density at radius 3 is 2.12 bits per heavy atom. The highest BCUT2D eigenvalue weighted by molar-refractivity contribution is 4.77. The lowest BCUT2D eigenvalue weighted by Gasteiger charge is -2.30. The molecule has 0 fully saturated rings. The van der Waals surface area contributed by atoms with Gasteiger partial charge in [-0.2, -0.15) is 0 Å². The van der Waals surface area contributed by atoms with Gasteiger partial charge in [0.05, 0.1) is 0 Å². The Bertz CT molecular complexity index is 185. The molecule has 0 aliphatic carbocycles. The largest absolute Gasteiger partial charge is 0.396 e. The maximum absolute atomic E-state index is 9.35. The Labute approximate surface area is 108 Å². The van der Waals surface area contributed by atoms with Gasteiger partial charge < -0.3 is 10.4 Å². The van der Waals surface area contributed by atoms with Crippen molar-refractivity contribution in [2.45, 2.75) is 66.7 Å². The zero-order chi connectivity index (χ0) is 13.4. The second kappa shape index (κ2) is 8.10. The van der Waals surface area contributed by atoms with E-state index in [1.165, 1.54) is 25.7 Å². The van der Waals surface area contributed by atoms with Crippen molar-refractivity contribution < 1.29 is 5.11 Å². The average Bonchev–Trinajstić information content (AvgIpc) is 2.28. The molecule has 0 rings (SSSR count). The van der Waals surface area contributed by atoms with Crippen LogP contribution < -0.4 is 5.32 Å². The first kappa shape index (κ1) is 16.9. The Balaban J connectivity index is 3.85. The maximum Gasteiger partial charge on any atom is 0.0496 e. The Kier molecular flexibility index (Phi) is 8.06. The van der Waals surface area contributed by atoms with Gasteiger partial charge in [-0.1, -0.05) is 53.9 Å². The number of hydrogen-bond donors (Lipinski definition) is 2. The van der Waals surface area contributed by atoms with Crippen molar-refractivity contribution in [3.8, 4) is 0 Å². The minimum atomic E-state index is 0.0412. The topological polar surface area (TPSA) is 32.3 Å². The summed E-state index contributed by atoms with van der Waals surface area (Å²) in [6, 6.07) is 0. The standard InChI is InChI=1S/C15H33NO/c1-6-8-9-10-14(3,4)11-16-12-15(5,7-2)13-17/h16-17H,6-13H2,1-5H3. The van der Waals surface area contributed by atoms with E-state index in [1.54, 1.807) is 0 Å². The molecule has 1 atom stereocenters. The summed E-state index contributed by atoms with van der Waals surface area (Å²) < 4.78 is 0. The lowest BCUT2D eigenvalue weighted by atomic mass is 9.85. The van der Waals surface area contributed by atoms with Crippen LogP contribution >= 0.6 is 0 Å². The normalized spacial score (nSPS) is 15.9. The third-order valence-corrected chi connectivity index (χ3v) is 3.85. The molecule has 0 bridgehead atoms. The van der Waals surface area contributed by atoms with Crippen LogP contribution in [0.2, 0.25) is 0 Å². The van der Waals surface area contributed by atoms with Crippen molar-refractivity contribution in [3.05, 3.63) is 0 Å². The van der Waals surface area contributed by atoms with E-state index < -0.39 is 0 Å². The predicted octanol–water partition coefficient (Wildman–Crippen LogP) is 3.59. The minimum Gasteiger partial charge on any atom is -0.396 e. The number of hydrogen-bond acceptors (Lipinski definition) is 2. The van der Waals surface area contributed by atoms with E-state index in [0.717, 1.165) is 19.5 Å². The summed E-state index contributed by atoms with van der Waals surface area (Å²) in [4.78, 5) is 0. The van der Waals surface area contributed by atoms with Gasteiger partial charge in [-0.3, -0.25) is 0 Å². The van der Waals surface area contributed by atoms with Gasteiger partial charge in [0.1, 0.15) is 0 Å². The summed E-state index contributed by atoms with van der Waals surface area (Å²) in [7, 11) is 0. The Morgan fingerprint density at radius 2 is 1.65 bits per heavy atom. The van der Waals surface area contributed by atoms with Crippen LogP contribution in [0.25, 0.3) is 0 Å². The van der Waals surface area contributed by atoms with Crippen LogP contribution in [-0.2, 0) is 0 Å². The summed E-state index contributed by atoms with van der Waals surface area (Å²) in [6.07, 6.45) is 6.27. The van der Waals surface area contributed by atoms with E-state index in [9.17, 15) is 5.11 Å². The van der Waals surface area contributed by atoms with E-state index in [0.29, 0.717) is 5.41 Å². The third kappa shape index (κ3) is 7.77. The number of unbranched alkanes of at least 4 members (excludes halogenated alkanes) is 2. The smallest absolute Gasteiger partial charge is 0.0496 e. The van der Waals surface area contributed by atoms with Crippen LogP contribution in [0.4, 0.5) is 0 Å².